The van der Waals surface area contributed by atoms with E-state index in [-0.39, 0.29) is 18.6 Å². The lowest BCUT2D eigenvalue weighted by atomic mass is 10.2. The van der Waals surface area contributed by atoms with Gasteiger partial charge in [-0.05, 0) is 56.4 Å². The molecule has 0 radical (unpaired) electrons. The zero-order valence-corrected chi connectivity index (χ0v) is 15.8. The van der Waals surface area contributed by atoms with Crippen molar-refractivity contribution in [2.24, 2.45) is 5.92 Å². The van der Waals surface area contributed by atoms with Gasteiger partial charge in [0, 0.05) is 11.1 Å². The van der Waals surface area contributed by atoms with E-state index >= 15 is 0 Å². The van der Waals surface area contributed by atoms with E-state index in [1.165, 1.54) is 24.6 Å². The van der Waals surface area contributed by atoms with Crippen molar-refractivity contribution in [1.29, 1.82) is 0 Å². The number of halogens is 1. The summed E-state index contributed by atoms with van der Waals surface area (Å²) in [5, 5.41) is 11.2. The van der Waals surface area contributed by atoms with Crippen LogP contribution in [0.5, 0.6) is 5.75 Å². The largest absolute Gasteiger partial charge is 0.486 e. The fourth-order valence-corrected chi connectivity index (χ4v) is 3.15. The van der Waals surface area contributed by atoms with Crippen LogP contribution in [0.2, 0.25) is 5.02 Å². The molecular formula is C17H21ClN4O2S. The minimum atomic E-state index is 0.0173. The number of aromatic amines is 1. The van der Waals surface area contributed by atoms with E-state index in [1.54, 1.807) is 6.07 Å². The number of ether oxygens (including phenoxy) is 1. The van der Waals surface area contributed by atoms with Crippen molar-refractivity contribution in [3.63, 3.8) is 0 Å². The number of aryl methyl sites for hydroxylation is 1. The summed E-state index contributed by atoms with van der Waals surface area (Å²) in [4.78, 5) is 16.2. The minimum absolute atomic E-state index is 0.0173. The van der Waals surface area contributed by atoms with Crippen molar-refractivity contribution >= 4 is 29.3 Å². The van der Waals surface area contributed by atoms with Crippen molar-refractivity contribution in [2.75, 3.05) is 5.75 Å². The summed E-state index contributed by atoms with van der Waals surface area (Å²) in [6, 6.07) is 5.74. The number of benzene rings is 1. The van der Waals surface area contributed by atoms with Gasteiger partial charge < -0.3 is 10.1 Å². The number of nitrogens with one attached hydrogen (secondary N) is 2. The number of amides is 1. The molecule has 2 aromatic rings. The molecule has 1 fully saturated rings. The molecule has 1 saturated carbocycles. The number of rotatable bonds is 8. The molecule has 1 aromatic carbocycles. The molecule has 2 N–H and O–H groups in total. The lowest BCUT2D eigenvalue weighted by molar-refractivity contribution is -0.119. The fraction of sp³-hybridized carbons (Fsp3) is 0.471. The molecule has 1 aliphatic rings. The zero-order chi connectivity index (χ0) is 17.8. The lowest BCUT2D eigenvalue weighted by Gasteiger charge is -2.11. The average molecular weight is 381 g/mol. The van der Waals surface area contributed by atoms with Crippen molar-refractivity contribution in [1.82, 2.24) is 20.5 Å². The standard InChI is InChI=1S/C17H21ClN4O2S/c1-10-7-13(5-6-14(10)18)24-8-15-20-17(22-21-15)25-9-16(23)19-11(2)12-3-4-12/h5-7,11-12H,3-4,8-9H2,1-2H3,(H,19,23)(H,20,21,22)/t11-/m1/s1. The topological polar surface area (TPSA) is 79.9 Å². The second-order valence-electron chi connectivity index (χ2n) is 6.25. The molecular weight excluding hydrogens is 360 g/mol. The van der Waals surface area contributed by atoms with Crippen molar-refractivity contribution < 1.29 is 9.53 Å². The first-order valence-corrected chi connectivity index (χ1v) is 9.60. The highest BCUT2D eigenvalue weighted by molar-refractivity contribution is 7.99. The van der Waals surface area contributed by atoms with E-state index in [4.69, 9.17) is 16.3 Å². The maximum atomic E-state index is 11.9. The summed E-state index contributed by atoms with van der Waals surface area (Å²) in [5.74, 6) is 2.31. The maximum absolute atomic E-state index is 11.9. The van der Waals surface area contributed by atoms with E-state index in [2.05, 4.69) is 27.4 Å². The van der Waals surface area contributed by atoms with Crippen LogP contribution in [0.1, 0.15) is 31.2 Å². The summed E-state index contributed by atoms with van der Waals surface area (Å²) in [6.45, 7) is 4.26. The van der Waals surface area contributed by atoms with Crippen molar-refractivity contribution in [3.8, 4) is 5.75 Å². The number of nitrogens with zero attached hydrogens (tertiary/aromatic N) is 2. The van der Waals surface area contributed by atoms with Gasteiger partial charge in [-0.3, -0.25) is 9.89 Å². The van der Waals surface area contributed by atoms with E-state index in [9.17, 15) is 4.79 Å². The second kappa shape index (κ2) is 8.10. The summed E-state index contributed by atoms with van der Waals surface area (Å²) in [5.41, 5.74) is 0.958. The molecule has 134 valence electrons. The van der Waals surface area contributed by atoms with Gasteiger partial charge in [-0.2, -0.15) is 0 Å². The zero-order valence-electron chi connectivity index (χ0n) is 14.2. The molecule has 8 heteroatoms. The van der Waals surface area contributed by atoms with Crippen LogP contribution in [0.15, 0.2) is 23.4 Å². The molecule has 25 heavy (non-hydrogen) atoms. The van der Waals surface area contributed by atoms with Gasteiger partial charge in [0.25, 0.3) is 0 Å². The third kappa shape index (κ3) is 5.37. The van der Waals surface area contributed by atoms with Crippen LogP contribution in [0.25, 0.3) is 0 Å². The minimum Gasteiger partial charge on any atom is -0.486 e. The summed E-state index contributed by atoms with van der Waals surface area (Å²) >= 11 is 7.31. The fourth-order valence-electron chi connectivity index (χ4n) is 2.41. The van der Waals surface area contributed by atoms with Gasteiger partial charge in [-0.25, -0.2) is 4.98 Å². The number of carbonyl (C=O) groups is 1. The third-order valence-corrected chi connectivity index (χ3v) is 5.34. The molecule has 1 aliphatic carbocycles. The summed E-state index contributed by atoms with van der Waals surface area (Å²) in [7, 11) is 0. The third-order valence-electron chi connectivity index (χ3n) is 4.07. The first kappa shape index (κ1) is 18.1. The summed E-state index contributed by atoms with van der Waals surface area (Å²) in [6.07, 6.45) is 2.43. The Morgan fingerprint density at radius 3 is 3.04 bits per heavy atom. The molecule has 1 heterocycles. The van der Waals surface area contributed by atoms with Crippen LogP contribution >= 0.6 is 23.4 Å². The average Bonchev–Trinajstić information content (AvgIpc) is 3.34. The van der Waals surface area contributed by atoms with Crippen LogP contribution < -0.4 is 10.1 Å². The Labute approximate surface area is 156 Å². The van der Waals surface area contributed by atoms with Gasteiger partial charge in [0.15, 0.2) is 5.82 Å². The van der Waals surface area contributed by atoms with Gasteiger partial charge in [0.2, 0.25) is 11.1 Å². The monoisotopic (exact) mass is 380 g/mol. The number of hydrogen-bond donors (Lipinski definition) is 2. The number of thioether (sulfide) groups is 1. The molecule has 1 aromatic heterocycles. The van der Waals surface area contributed by atoms with E-state index in [0.717, 1.165) is 11.3 Å². The Balaban J connectivity index is 1.43. The SMILES string of the molecule is Cc1cc(OCc2nc(SCC(=O)N[C@H](C)C3CC3)n[nH]2)ccc1Cl. The Hall–Kier alpha value is -1.73. The van der Waals surface area contributed by atoms with Crippen molar-refractivity contribution in [2.45, 2.75) is 44.5 Å². The second-order valence-corrected chi connectivity index (χ2v) is 7.60. The highest BCUT2D eigenvalue weighted by atomic mass is 35.5. The molecule has 3 rings (SSSR count). The van der Waals surface area contributed by atoms with Crippen LogP contribution in [0.4, 0.5) is 0 Å². The molecule has 0 aliphatic heterocycles. The molecule has 0 unspecified atom stereocenters. The van der Waals surface area contributed by atoms with Crippen molar-refractivity contribution in [3.05, 3.63) is 34.6 Å². The first-order valence-electron chi connectivity index (χ1n) is 8.23. The smallest absolute Gasteiger partial charge is 0.230 e. The lowest BCUT2D eigenvalue weighted by Crippen LogP contribution is -2.35. The van der Waals surface area contributed by atoms with Gasteiger partial charge in [0.1, 0.15) is 12.4 Å². The number of hydrogen-bond acceptors (Lipinski definition) is 5. The highest BCUT2D eigenvalue weighted by Gasteiger charge is 2.28. The maximum Gasteiger partial charge on any atom is 0.230 e. The Morgan fingerprint density at radius 1 is 1.52 bits per heavy atom. The first-order chi connectivity index (χ1) is 12.0. The Bertz CT molecular complexity index is 748. The van der Waals surface area contributed by atoms with Gasteiger partial charge in [0.05, 0.1) is 5.75 Å². The molecule has 0 spiro atoms. The van der Waals surface area contributed by atoms with Crippen LogP contribution in [0, 0.1) is 12.8 Å². The predicted octanol–water partition coefficient (Wildman–Crippen LogP) is 3.35. The van der Waals surface area contributed by atoms with Gasteiger partial charge in [-0.15, -0.1) is 5.10 Å². The summed E-state index contributed by atoms with van der Waals surface area (Å²) < 4.78 is 5.67. The quantitative estimate of drug-likeness (QED) is 0.686. The predicted molar refractivity (Wildman–Crippen MR) is 98.0 cm³/mol. The van der Waals surface area contributed by atoms with Gasteiger partial charge >= 0.3 is 0 Å². The van der Waals surface area contributed by atoms with Crippen LogP contribution in [-0.4, -0.2) is 32.9 Å². The molecule has 0 bridgehead atoms. The number of aromatic nitrogens is 3. The van der Waals surface area contributed by atoms with Crippen LogP contribution in [-0.2, 0) is 11.4 Å². The van der Waals surface area contributed by atoms with E-state index in [1.807, 2.05) is 19.1 Å². The van der Waals surface area contributed by atoms with Gasteiger partial charge in [-0.1, -0.05) is 23.4 Å². The molecule has 1 amide bonds. The number of H-pyrrole nitrogens is 1. The highest BCUT2D eigenvalue weighted by Crippen LogP contribution is 2.32. The Morgan fingerprint density at radius 2 is 2.32 bits per heavy atom. The number of carbonyl (C=O) groups excluding carboxylic acids is 1. The molecule has 0 saturated heterocycles. The Kier molecular flexibility index (Phi) is 5.86. The van der Waals surface area contributed by atoms with Crippen LogP contribution in [0.3, 0.4) is 0 Å². The molecule has 1 atom stereocenters. The molecule has 6 nitrogen and oxygen atoms in total. The normalized spacial score (nSPS) is 15.0. The van der Waals surface area contributed by atoms with E-state index in [0.29, 0.717) is 27.7 Å². The van der Waals surface area contributed by atoms with E-state index < -0.39 is 0 Å².